The van der Waals surface area contributed by atoms with Gasteiger partial charge in [0.2, 0.25) is 0 Å². The number of nitrogens with zero attached hydrogens (tertiary/aromatic N) is 4. The lowest BCUT2D eigenvalue weighted by atomic mass is 10.1. The molecule has 0 atom stereocenters. The van der Waals surface area contributed by atoms with Gasteiger partial charge >= 0.3 is 0 Å². The predicted molar refractivity (Wildman–Crippen MR) is 65.6 cm³/mol. The maximum absolute atomic E-state index is 11.9. The topological polar surface area (TPSA) is 60.7 Å². The number of carbonyl (C=O) groups excluding carboxylic acids is 1. The molecule has 0 radical (unpaired) electrons. The highest BCUT2D eigenvalue weighted by Crippen LogP contribution is 2.21. The number of carbonyl (C=O) groups is 1. The Morgan fingerprint density at radius 2 is 2.35 bits per heavy atom. The van der Waals surface area contributed by atoms with Crippen LogP contribution in [0.3, 0.4) is 0 Å². The number of aromatic nitrogens is 4. The first-order valence-electron chi connectivity index (χ1n) is 5.16. The van der Waals surface area contributed by atoms with Crippen LogP contribution in [0.2, 0.25) is 5.02 Å². The zero-order valence-corrected chi connectivity index (χ0v) is 11.0. The first-order valence-corrected chi connectivity index (χ1v) is 6.26. The van der Waals surface area contributed by atoms with Crippen molar-refractivity contribution in [2.45, 2.75) is 26.8 Å². The fraction of sp³-hybridized carbons (Fsp3) is 0.400. The Balaban J connectivity index is 2.27. The summed E-state index contributed by atoms with van der Waals surface area (Å²) >= 11 is 7.15. The Kier molecular flexibility index (Phi) is 3.54. The SMILES string of the molecule is CCn1nc(C)c(Cl)c1CC(=O)c1cnsn1. The molecule has 0 N–H and O–H groups in total. The normalized spacial score (nSPS) is 10.8. The zero-order chi connectivity index (χ0) is 12.4. The van der Waals surface area contributed by atoms with Gasteiger partial charge in [0.25, 0.3) is 0 Å². The molecule has 0 amide bonds. The minimum absolute atomic E-state index is 0.0877. The van der Waals surface area contributed by atoms with Crippen molar-refractivity contribution in [1.82, 2.24) is 18.5 Å². The Hall–Kier alpha value is -1.27. The molecule has 0 unspecified atom stereocenters. The van der Waals surface area contributed by atoms with Crippen LogP contribution in [0, 0.1) is 6.92 Å². The van der Waals surface area contributed by atoms with Crippen LogP contribution in [-0.4, -0.2) is 24.3 Å². The fourth-order valence-corrected chi connectivity index (χ4v) is 2.20. The van der Waals surface area contributed by atoms with E-state index in [9.17, 15) is 4.79 Å². The molecule has 0 aromatic carbocycles. The highest BCUT2D eigenvalue weighted by Gasteiger charge is 2.18. The van der Waals surface area contributed by atoms with Crippen molar-refractivity contribution in [3.05, 3.63) is 28.3 Å². The van der Waals surface area contributed by atoms with Crippen molar-refractivity contribution >= 4 is 29.1 Å². The molecule has 2 aromatic rings. The van der Waals surface area contributed by atoms with Gasteiger partial charge in [0.15, 0.2) is 5.78 Å². The van der Waals surface area contributed by atoms with Crippen molar-refractivity contribution in [1.29, 1.82) is 0 Å². The maximum Gasteiger partial charge on any atom is 0.189 e. The highest BCUT2D eigenvalue weighted by atomic mass is 35.5. The summed E-state index contributed by atoms with van der Waals surface area (Å²) in [6.07, 6.45) is 1.68. The quantitative estimate of drug-likeness (QED) is 0.799. The molecule has 7 heteroatoms. The second-order valence-corrected chi connectivity index (χ2v) is 4.49. The zero-order valence-electron chi connectivity index (χ0n) is 9.47. The molecule has 2 heterocycles. The summed E-state index contributed by atoms with van der Waals surface area (Å²) in [6, 6.07) is 0. The first-order chi connectivity index (χ1) is 8.13. The number of aryl methyl sites for hydroxylation is 2. The molecule has 17 heavy (non-hydrogen) atoms. The minimum Gasteiger partial charge on any atom is -0.292 e. The van der Waals surface area contributed by atoms with Crippen molar-refractivity contribution in [2.75, 3.05) is 0 Å². The van der Waals surface area contributed by atoms with Gasteiger partial charge in [0.1, 0.15) is 5.69 Å². The van der Waals surface area contributed by atoms with E-state index in [1.165, 1.54) is 6.20 Å². The van der Waals surface area contributed by atoms with Crippen LogP contribution < -0.4 is 0 Å². The molecule has 0 saturated heterocycles. The van der Waals surface area contributed by atoms with Crippen molar-refractivity contribution in [3.63, 3.8) is 0 Å². The number of ketones is 1. The van der Waals surface area contributed by atoms with Gasteiger partial charge in [-0.25, -0.2) is 0 Å². The molecular weight excluding hydrogens is 260 g/mol. The van der Waals surface area contributed by atoms with E-state index in [0.717, 1.165) is 23.1 Å². The number of hydrogen-bond donors (Lipinski definition) is 0. The summed E-state index contributed by atoms with van der Waals surface area (Å²) in [4.78, 5) is 11.9. The smallest absolute Gasteiger partial charge is 0.189 e. The summed E-state index contributed by atoms with van der Waals surface area (Å²) in [5.74, 6) is -0.0877. The van der Waals surface area contributed by atoms with E-state index in [1.54, 1.807) is 4.68 Å². The van der Waals surface area contributed by atoms with E-state index in [4.69, 9.17) is 11.6 Å². The lowest BCUT2D eigenvalue weighted by Gasteiger charge is -2.03. The monoisotopic (exact) mass is 270 g/mol. The van der Waals surface area contributed by atoms with E-state index in [1.807, 2.05) is 13.8 Å². The van der Waals surface area contributed by atoms with E-state index < -0.39 is 0 Å². The van der Waals surface area contributed by atoms with Crippen molar-refractivity contribution in [2.24, 2.45) is 0 Å². The number of Topliss-reactive ketones (excluding diaryl/α,β-unsaturated/α-hetero) is 1. The molecule has 90 valence electrons. The van der Waals surface area contributed by atoms with E-state index >= 15 is 0 Å². The van der Waals surface area contributed by atoms with Gasteiger partial charge in [-0.3, -0.25) is 9.48 Å². The lowest BCUT2D eigenvalue weighted by Crippen LogP contribution is -2.10. The molecule has 5 nitrogen and oxygen atoms in total. The third-order valence-electron chi connectivity index (χ3n) is 2.43. The molecule has 0 fully saturated rings. The molecule has 0 aliphatic carbocycles. The van der Waals surface area contributed by atoms with Crippen LogP contribution in [0.5, 0.6) is 0 Å². The molecule has 0 aliphatic rings. The third kappa shape index (κ3) is 2.37. The summed E-state index contributed by atoms with van der Waals surface area (Å²) in [5.41, 5.74) is 1.87. The van der Waals surface area contributed by atoms with Gasteiger partial charge in [-0.15, -0.1) is 0 Å². The summed E-state index contributed by atoms with van der Waals surface area (Å²) in [5, 5.41) is 4.82. The van der Waals surface area contributed by atoms with E-state index in [2.05, 4.69) is 13.8 Å². The average Bonchev–Trinajstić information content (AvgIpc) is 2.92. The van der Waals surface area contributed by atoms with Gasteiger partial charge in [-0.1, -0.05) is 11.6 Å². The Morgan fingerprint density at radius 3 is 2.94 bits per heavy atom. The van der Waals surface area contributed by atoms with Crippen molar-refractivity contribution < 1.29 is 4.79 Å². The van der Waals surface area contributed by atoms with Crippen LogP contribution >= 0.6 is 23.3 Å². The first kappa shape index (κ1) is 12.2. The molecule has 0 bridgehead atoms. The molecule has 2 rings (SSSR count). The van der Waals surface area contributed by atoms with E-state index in [-0.39, 0.29) is 12.2 Å². The highest BCUT2D eigenvalue weighted by molar-refractivity contribution is 6.99. The van der Waals surface area contributed by atoms with Crippen LogP contribution in [0.4, 0.5) is 0 Å². The largest absolute Gasteiger partial charge is 0.292 e. The van der Waals surface area contributed by atoms with Gasteiger partial charge < -0.3 is 0 Å². The lowest BCUT2D eigenvalue weighted by molar-refractivity contribution is 0.0986. The van der Waals surface area contributed by atoms with Crippen LogP contribution in [0.15, 0.2) is 6.20 Å². The van der Waals surface area contributed by atoms with Crippen LogP contribution in [0.25, 0.3) is 0 Å². The molecule has 2 aromatic heterocycles. The standard InChI is InChI=1S/C10H11ClN4OS/c1-3-15-8(10(11)6(2)13-15)4-9(16)7-5-12-17-14-7/h5H,3-4H2,1-2H3. The molecule has 0 spiro atoms. The number of halogens is 1. The Labute approximate surface area is 108 Å². The van der Waals surface area contributed by atoms with Gasteiger partial charge in [-0.05, 0) is 13.8 Å². The Bertz CT molecular complexity index is 535. The van der Waals surface area contributed by atoms with Gasteiger partial charge in [0, 0.05) is 6.54 Å². The van der Waals surface area contributed by atoms with Gasteiger partial charge in [0.05, 0.1) is 40.8 Å². The van der Waals surface area contributed by atoms with E-state index in [0.29, 0.717) is 17.3 Å². The third-order valence-corrected chi connectivity index (χ3v) is 3.40. The molecule has 0 aliphatic heterocycles. The second kappa shape index (κ2) is 4.93. The summed E-state index contributed by atoms with van der Waals surface area (Å²) in [6.45, 7) is 4.47. The summed E-state index contributed by atoms with van der Waals surface area (Å²) < 4.78 is 9.47. The van der Waals surface area contributed by atoms with Crippen molar-refractivity contribution in [3.8, 4) is 0 Å². The maximum atomic E-state index is 11.9. The summed E-state index contributed by atoms with van der Waals surface area (Å²) in [7, 11) is 0. The Morgan fingerprint density at radius 1 is 1.59 bits per heavy atom. The average molecular weight is 271 g/mol. The van der Waals surface area contributed by atoms with Crippen LogP contribution in [-0.2, 0) is 13.0 Å². The molecular formula is C10H11ClN4OS. The van der Waals surface area contributed by atoms with Crippen LogP contribution in [0.1, 0.15) is 28.8 Å². The second-order valence-electron chi connectivity index (χ2n) is 3.55. The molecule has 0 saturated carbocycles. The van der Waals surface area contributed by atoms with Gasteiger partial charge in [-0.2, -0.15) is 13.8 Å². The fourth-order valence-electron chi connectivity index (χ4n) is 1.57. The number of rotatable bonds is 4. The predicted octanol–water partition coefficient (Wildman–Crippen LogP) is 2.14. The number of hydrogen-bond acceptors (Lipinski definition) is 5. The minimum atomic E-state index is -0.0877.